The van der Waals surface area contributed by atoms with Crippen molar-refractivity contribution in [2.75, 3.05) is 0 Å². The van der Waals surface area contributed by atoms with Crippen molar-refractivity contribution < 1.29 is 48.1 Å². The van der Waals surface area contributed by atoms with Crippen LogP contribution in [0.15, 0.2) is 109 Å². The predicted molar refractivity (Wildman–Crippen MR) is 213 cm³/mol. The summed E-state index contributed by atoms with van der Waals surface area (Å²) in [4.78, 5) is 0. The molecule has 0 bridgehead atoms. The molecule has 6 aromatic carbocycles. The molecule has 0 aromatic heterocycles. The fourth-order valence-corrected chi connectivity index (χ4v) is 6.16. The number of hydrogen-bond acceptors (Lipinski definition) is 0. The Hall–Kier alpha value is -2.22. The molecule has 0 aliphatic carbocycles. The second kappa shape index (κ2) is 20.1. The van der Waals surface area contributed by atoms with Gasteiger partial charge in [-0.25, -0.2) is 0 Å². The summed E-state index contributed by atoms with van der Waals surface area (Å²) in [6.07, 6.45) is 3.48. The van der Waals surface area contributed by atoms with Crippen LogP contribution in [0.4, 0.5) is 0 Å². The van der Waals surface area contributed by atoms with Gasteiger partial charge in [0.15, 0.2) is 0 Å². The van der Waals surface area contributed by atoms with E-state index in [4.69, 9.17) is 0 Å². The zero-order valence-corrected chi connectivity index (χ0v) is 36.9. The molecule has 0 aliphatic heterocycles. The average Bonchev–Trinajstić information content (AvgIpc) is 3.72. The van der Waals surface area contributed by atoms with Gasteiger partial charge in [-0.2, -0.15) is 12.1 Å². The first-order valence-electron chi connectivity index (χ1n) is 18.0. The molecule has 50 heavy (non-hydrogen) atoms. The minimum Gasteiger partial charge on any atom is -1.00 e. The second-order valence-electron chi connectivity index (χ2n) is 14.7. The largest absolute Gasteiger partial charge is 1.00 e. The van der Waals surface area contributed by atoms with Crippen molar-refractivity contribution in [3.05, 3.63) is 131 Å². The molecule has 0 radical (unpaired) electrons. The standard InChI is InChI=1S/C23H27.C21H23.C2H6Si.2ClH.Zr/c1-6-16(2)19-14-18-8-7-9-21(22(18)15-19)17-10-12-20(13-11-17)23(3,4)5;1-4-15(3)17-9-11-18(12-10-17)20-8-6-7-19-13-16(5-2)14-21(19)20;1-3-2;;;/h7-16H,6H2,1-5H3;6-15H,4-5H2,1-3H3;1-2H3;2*1H;/q2*-1;;;;+2/p-2. The molecule has 4 heteroatoms. The summed E-state index contributed by atoms with van der Waals surface area (Å²) in [5, 5.41) is 5.48. The monoisotopic (exact) mass is 796 g/mol. The van der Waals surface area contributed by atoms with Gasteiger partial charge in [-0.1, -0.05) is 134 Å². The molecule has 2 atom stereocenters. The summed E-state index contributed by atoms with van der Waals surface area (Å²) >= 11 is 1.74. The van der Waals surface area contributed by atoms with Gasteiger partial charge in [-0.3, -0.25) is 0 Å². The molecule has 0 N–H and O–H groups in total. The number of fused-ring (bicyclic) bond motifs is 2. The van der Waals surface area contributed by atoms with E-state index in [0.29, 0.717) is 11.8 Å². The zero-order valence-electron chi connectivity index (χ0n) is 31.9. The summed E-state index contributed by atoms with van der Waals surface area (Å²) in [7, 11) is 0. The molecule has 6 rings (SSSR count). The van der Waals surface area contributed by atoms with Gasteiger partial charge in [0.1, 0.15) is 0 Å². The van der Waals surface area contributed by atoms with Crippen molar-refractivity contribution in [2.24, 2.45) is 0 Å². The summed E-state index contributed by atoms with van der Waals surface area (Å²) < 4.78 is 0. The first-order valence-corrected chi connectivity index (χ1v) is 24.2. The van der Waals surface area contributed by atoms with Gasteiger partial charge in [0.2, 0.25) is 0 Å². The Balaban J connectivity index is 0.000000303. The Kier molecular flexibility index (Phi) is 17.7. The molecule has 0 fully saturated rings. The third-order valence-corrected chi connectivity index (χ3v) is 9.64. The molecule has 0 saturated carbocycles. The minimum atomic E-state index is 0. The summed E-state index contributed by atoms with van der Waals surface area (Å²) in [6.45, 7) is 22.7. The molecule has 0 saturated heterocycles. The molecular formula is C46H56Cl2SiZr-2. The van der Waals surface area contributed by atoms with Gasteiger partial charge in [-0.05, 0) is 52.3 Å². The van der Waals surface area contributed by atoms with Gasteiger partial charge in [0.25, 0.3) is 0 Å². The second-order valence-corrected chi connectivity index (χ2v) is 24.1. The Morgan fingerprint density at radius 3 is 1.56 bits per heavy atom. The Bertz CT molecular complexity index is 1920. The summed E-state index contributed by atoms with van der Waals surface area (Å²) in [5.41, 5.74) is 11.4. The minimum absolute atomic E-state index is 0. The van der Waals surface area contributed by atoms with Crippen LogP contribution in [0.3, 0.4) is 0 Å². The van der Waals surface area contributed by atoms with E-state index in [1.165, 1.54) is 78.9 Å². The predicted octanol–water partition coefficient (Wildman–Crippen LogP) is 8.13. The first-order chi connectivity index (χ1) is 22.9. The number of hydrogen-bond donors (Lipinski definition) is 0. The first kappa shape index (κ1) is 43.9. The van der Waals surface area contributed by atoms with Gasteiger partial charge in [0, 0.05) is 0 Å². The topological polar surface area (TPSA) is 0 Å². The van der Waals surface area contributed by atoms with Crippen LogP contribution in [0, 0.1) is 0 Å². The quantitative estimate of drug-likeness (QED) is 0.113. The molecule has 0 aliphatic rings. The fourth-order valence-electron chi connectivity index (χ4n) is 6.16. The van der Waals surface area contributed by atoms with Crippen LogP contribution in [0.1, 0.15) is 102 Å². The number of aryl methyl sites for hydroxylation is 1. The Morgan fingerprint density at radius 1 is 0.640 bits per heavy atom. The summed E-state index contributed by atoms with van der Waals surface area (Å²) in [6, 6.07) is 40.9. The number of halogens is 2. The van der Waals surface area contributed by atoms with Crippen LogP contribution in [0.2, 0.25) is 13.1 Å². The third kappa shape index (κ3) is 11.4. The molecule has 0 amide bonds. The van der Waals surface area contributed by atoms with Crippen LogP contribution < -0.4 is 24.8 Å². The van der Waals surface area contributed by atoms with Crippen molar-refractivity contribution in [1.82, 2.24) is 0 Å². The van der Waals surface area contributed by atoms with Crippen LogP contribution in [0.5, 0.6) is 0 Å². The average molecular weight is 799 g/mol. The number of rotatable bonds is 7. The van der Waals surface area contributed by atoms with Crippen molar-refractivity contribution in [3.8, 4) is 22.3 Å². The van der Waals surface area contributed by atoms with E-state index in [0.717, 1.165) is 6.42 Å². The van der Waals surface area contributed by atoms with Gasteiger partial charge in [-0.15, -0.1) is 69.1 Å². The van der Waals surface area contributed by atoms with Crippen LogP contribution in [-0.4, -0.2) is 5.43 Å². The van der Waals surface area contributed by atoms with Crippen LogP contribution in [0.25, 0.3) is 43.8 Å². The molecule has 0 spiro atoms. The normalized spacial score (nSPS) is 12.1. The molecule has 6 aromatic rings. The summed E-state index contributed by atoms with van der Waals surface area (Å²) in [5.74, 6) is 1.26. The Morgan fingerprint density at radius 2 is 1.10 bits per heavy atom. The van der Waals surface area contributed by atoms with Gasteiger partial charge < -0.3 is 24.8 Å². The van der Waals surface area contributed by atoms with Crippen molar-refractivity contribution in [2.45, 2.75) is 105 Å². The van der Waals surface area contributed by atoms with E-state index in [2.05, 4.69) is 178 Å². The van der Waals surface area contributed by atoms with E-state index in [-0.39, 0.29) is 35.7 Å². The van der Waals surface area contributed by atoms with E-state index < -0.39 is 0 Å². The van der Waals surface area contributed by atoms with Crippen LogP contribution >= 0.6 is 0 Å². The molecule has 0 heterocycles. The fraction of sp³-hybridized carbons (Fsp3) is 0.348. The smallest absolute Gasteiger partial charge is 1.00 e. The van der Waals surface area contributed by atoms with E-state index in [9.17, 15) is 0 Å². The molecule has 0 nitrogen and oxygen atoms in total. The zero-order chi connectivity index (χ0) is 35.0. The van der Waals surface area contributed by atoms with Crippen molar-refractivity contribution in [3.63, 3.8) is 0 Å². The number of benzene rings is 4. The van der Waals surface area contributed by atoms with Crippen LogP contribution in [-0.2, 0) is 35.2 Å². The maximum absolute atomic E-state index is 2.39. The SMILES string of the molecule is CCC(C)c1cc2c(-c3ccc(C(C)(C)C)cc3)cccc2[cH-]1.CCc1cc2c(-c3ccc(C(C)CC)cc3)cccc2[cH-]1.C[Si](C)=[Zr+2].[Cl-].[Cl-]. The maximum Gasteiger partial charge on any atom is -1.00 e. The van der Waals surface area contributed by atoms with Gasteiger partial charge >= 0.3 is 41.9 Å². The van der Waals surface area contributed by atoms with E-state index in [1.54, 1.807) is 23.3 Å². The van der Waals surface area contributed by atoms with Crippen molar-refractivity contribution >= 4 is 27.0 Å². The maximum atomic E-state index is 2.39. The van der Waals surface area contributed by atoms with E-state index in [1.807, 2.05) is 0 Å². The van der Waals surface area contributed by atoms with E-state index >= 15 is 0 Å². The van der Waals surface area contributed by atoms with Crippen molar-refractivity contribution in [1.29, 1.82) is 0 Å². The third-order valence-electron chi connectivity index (χ3n) is 9.64. The molecule has 264 valence electrons. The Labute approximate surface area is 331 Å². The molecular weight excluding hydrogens is 743 g/mol. The van der Waals surface area contributed by atoms with Gasteiger partial charge in [0.05, 0.1) is 0 Å². The molecule has 2 unspecified atom stereocenters.